The van der Waals surface area contributed by atoms with Crippen LogP contribution in [0.2, 0.25) is 0 Å². The summed E-state index contributed by atoms with van der Waals surface area (Å²) in [4.78, 5) is 4.39. The second kappa shape index (κ2) is 5.71. The predicted molar refractivity (Wildman–Crippen MR) is 91.6 cm³/mol. The van der Waals surface area contributed by atoms with E-state index in [4.69, 9.17) is 5.73 Å². The van der Waals surface area contributed by atoms with Gasteiger partial charge in [-0.3, -0.25) is 0 Å². The van der Waals surface area contributed by atoms with Crippen LogP contribution in [-0.4, -0.2) is 21.1 Å². The van der Waals surface area contributed by atoms with Gasteiger partial charge in [-0.25, -0.2) is 9.37 Å². The first-order valence-corrected chi connectivity index (χ1v) is 9.12. The average molecular weight is 405 g/mol. The van der Waals surface area contributed by atoms with Gasteiger partial charge < -0.3 is 10.3 Å². The highest BCUT2D eigenvalue weighted by atomic mass is 127. The lowest BCUT2D eigenvalue weighted by Gasteiger charge is -2.29. The highest BCUT2D eigenvalue weighted by Crippen LogP contribution is 2.37. The Kier molecular flexibility index (Phi) is 4.12. The van der Waals surface area contributed by atoms with E-state index in [-0.39, 0.29) is 5.82 Å². The molecule has 0 unspecified atom stereocenters. The first-order chi connectivity index (χ1) is 9.60. The van der Waals surface area contributed by atoms with E-state index < -0.39 is 0 Å². The highest BCUT2D eigenvalue weighted by molar-refractivity contribution is 14.1. The molecule has 1 heterocycles. The van der Waals surface area contributed by atoms with Crippen LogP contribution in [0.15, 0.2) is 12.1 Å². The van der Waals surface area contributed by atoms with E-state index in [1.165, 1.54) is 12.8 Å². The molecule has 1 aromatic heterocycles. The van der Waals surface area contributed by atoms with Crippen molar-refractivity contribution in [2.45, 2.75) is 37.0 Å². The van der Waals surface area contributed by atoms with Gasteiger partial charge in [-0.15, -0.1) is 0 Å². The molecule has 0 atom stereocenters. The van der Waals surface area contributed by atoms with Crippen LogP contribution in [-0.2, 0) is 0 Å². The molecule has 1 aliphatic rings. The van der Waals surface area contributed by atoms with Crippen molar-refractivity contribution in [1.29, 1.82) is 0 Å². The number of benzene rings is 1. The van der Waals surface area contributed by atoms with Crippen molar-refractivity contribution in [1.82, 2.24) is 9.55 Å². The van der Waals surface area contributed by atoms with Gasteiger partial charge in [-0.2, -0.15) is 11.8 Å². The van der Waals surface area contributed by atoms with Gasteiger partial charge in [0.25, 0.3) is 0 Å². The fraction of sp³-hybridized carbons (Fsp3) is 0.500. The Balaban J connectivity index is 1.99. The van der Waals surface area contributed by atoms with Gasteiger partial charge in [-0.1, -0.05) is 0 Å². The lowest BCUT2D eigenvalue weighted by molar-refractivity contribution is 0.369. The van der Waals surface area contributed by atoms with Crippen LogP contribution in [0.1, 0.15) is 31.7 Å². The summed E-state index contributed by atoms with van der Waals surface area (Å²) in [5, 5.41) is 0.750. The number of fused-ring (bicyclic) bond motifs is 1. The van der Waals surface area contributed by atoms with Crippen LogP contribution in [0.5, 0.6) is 0 Å². The molecule has 0 amide bonds. The summed E-state index contributed by atoms with van der Waals surface area (Å²) in [7, 11) is 0. The molecule has 0 saturated heterocycles. The van der Waals surface area contributed by atoms with Crippen molar-refractivity contribution >= 4 is 51.3 Å². The number of aromatic nitrogens is 2. The van der Waals surface area contributed by atoms with Crippen LogP contribution >= 0.6 is 34.4 Å². The summed E-state index contributed by atoms with van der Waals surface area (Å²) in [5.74, 6) is 0.311. The standard InChI is InChI=1S/C14H17FIN3S/c1-20-9-4-2-8(3-5-9)19-13-6-10(15)11(16)7-12(13)18-14(19)17/h6-9H,2-5H2,1H3,(H2,17,18). The quantitative estimate of drug-likeness (QED) is 0.762. The summed E-state index contributed by atoms with van der Waals surface area (Å²) < 4.78 is 16.5. The van der Waals surface area contributed by atoms with Crippen LogP contribution in [0, 0.1) is 9.39 Å². The molecule has 2 aromatic rings. The number of rotatable bonds is 2. The first kappa shape index (κ1) is 14.4. The van der Waals surface area contributed by atoms with Crippen molar-refractivity contribution in [3.63, 3.8) is 0 Å². The number of nitrogen functional groups attached to an aromatic ring is 1. The minimum Gasteiger partial charge on any atom is -0.369 e. The van der Waals surface area contributed by atoms with Gasteiger partial charge in [-0.05, 0) is 60.6 Å². The van der Waals surface area contributed by atoms with Gasteiger partial charge in [0.1, 0.15) is 5.82 Å². The Labute approximate surface area is 135 Å². The third-order valence-electron chi connectivity index (χ3n) is 4.10. The SMILES string of the molecule is CSC1CCC(n2c(N)nc3cc(I)c(F)cc32)CC1. The molecule has 3 rings (SSSR count). The van der Waals surface area contributed by atoms with Crippen LogP contribution in [0.3, 0.4) is 0 Å². The largest absolute Gasteiger partial charge is 0.369 e. The predicted octanol–water partition coefficient (Wildman–Crippen LogP) is 4.21. The average Bonchev–Trinajstić information content (AvgIpc) is 2.75. The van der Waals surface area contributed by atoms with Crippen molar-refractivity contribution in [2.75, 3.05) is 12.0 Å². The zero-order valence-corrected chi connectivity index (χ0v) is 14.2. The molecule has 0 bridgehead atoms. The third-order valence-corrected chi connectivity index (χ3v) is 6.07. The zero-order valence-electron chi connectivity index (χ0n) is 11.3. The minimum atomic E-state index is -0.197. The fourth-order valence-corrected chi connectivity index (χ4v) is 4.23. The molecule has 6 heteroatoms. The lowest BCUT2D eigenvalue weighted by Crippen LogP contribution is -2.20. The van der Waals surface area contributed by atoms with E-state index in [0.717, 1.165) is 29.1 Å². The molecule has 3 nitrogen and oxygen atoms in total. The summed E-state index contributed by atoms with van der Waals surface area (Å²) in [6.07, 6.45) is 6.74. The maximum atomic E-state index is 13.8. The molecule has 20 heavy (non-hydrogen) atoms. The molecule has 1 saturated carbocycles. The van der Waals surface area contributed by atoms with Crippen LogP contribution in [0.4, 0.5) is 10.3 Å². The number of halogens is 2. The van der Waals surface area contributed by atoms with Gasteiger partial charge in [0.15, 0.2) is 0 Å². The van der Waals surface area contributed by atoms with E-state index in [9.17, 15) is 4.39 Å². The van der Waals surface area contributed by atoms with Crippen molar-refractivity contribution < 1.29 is 4.39 Å². The lowest BCUT2D eigenvalue weighted by atomic mass is 9.94. The zero-order chi connectivity index (χ0) is 14.3. The Morgan fingerprint density at radius 3 is 2.70 bits per heavy atom. The van der Waals surface area contributed by atoms with E-state index in [0.29, 0.717) is 15.6 Å². The normalized spacial score (nSPS) is 23.4. The Bertz CT molecular complexity index is 635. The summed E-state index contributed by atoms with van der Waals surface area (Å²) in [5.41, 5.74) is 7.69. The molecule has 0 radical (unpaired) electrons. The van der Waals surface area contributed by atoms with Crippen molar-refractivity contribution in [3.05, 3.63) is 21.5 Å². The monoisotopic (exact) mass is 405 g/mol. The Morgan fingerprint density at radius 2 is 2.05 bits per heavy atom. The molecular weight excluding hydrogens is 388 g/mol. The number of anilines is 1. The number of nitrogens with two attached hydrogens (primary N) is 1. The number of nitrogens with zero attached hydrogens (tertiary/aromatic N) is 2. The van der Waals surface area contributed by atoms with Gasteiger partial charge >= 0.3 is 0 Å². The van der Waals surface area contributed by atoms with Gasteiger partial charge in [0.05, 0.1) is 14.6 Å². The van der Waals surface area contributed by atoms with Crippen LogP contribution < -0.4 is 5.73 Å². The Hall–Kier alpha value is -0.500. The minimum absolute atomic E-state index is 0.197. The van der Waals surface area contributed by atoms with Gasteiger partial charge in [0.2, 0.25) is 5.95 Å². The van der Waals surface area contributed by atoms with Gasteiger partial charge in [0, 0.05) is 17.4 Å². The molecule has 108 valence electrons. The molecule has 2 N–H and O–H groups in total. The molecule has 1 aromatic carbocycles. The van der Waals surface area contributed by atoms with E-state index in [2.05, 4.69) is 11.2 Å². The molecule has 1 aliphatic carbocycles. The van der Waals surface area contributed by atoms with E-state index >= 15 is 0 Å². The summed E-state index contributed by atoms with van der Waals surface area (Å²) in [6.45, 7) is 0. The summed E-state index contributed by atoms with van der Waals surface area (Å²) >= 11 is 3.93. The third kappa shape index (κ3) is 2.52. The topological polar surface area (TPSA) is 43.8 Å². The number of imidazole rings is 1. The second-order valence-electron chi connectivity index (χ2n) is 5.26. The fourth-order valence-electron chi connectivity index (χ4n) is 3.03. The van der Waals surface area contributed by atoms with Crippen molar-refractivity contribution in [3.8, 4) is 0 Å². The second-order valence-corrected chi connectivity index (χ2v) is 7.56. The van der Waals surface area contributed by atoms with Crippen LogP contribution in [0.25, 0.3) is 11.0 Å². The molecular formula is C14H17FIN3S. The maximum absolute atomic E-state index is 13.8. The molecule has 1 fully saturated rings. The maximum Gasteiger partial charge on any atom is 0.201 e. The van der Waals surface area contributed by atoms with Crippen molar-refractivity contribution in [2.24, 2.45) is 0 Å². The summed E-state index contributed by atoms with van der Waals surface area (Å²) in [6, 6.07) is 3.69. The highest BCUT2D eigenvalue weighted by Gasteiger charge is 2.25. The Morgan fingerprint density at radius 1 is 1.35 bits per heavy atom. The molecule has 0 aliphatic heterocycles. The van der Waals surface area contributed by atoms with E-state index in [1.807, 2.05) is 38.9 Å². The first-order valence-electron chi connectivity index (χ1n) is 6.75. The smallest absolute Gasteiger partial charge is 0.201 e. The number of hydrogen-bond acceptors (Lipinski definition) is 3. The number of hydrogen-bond donors (Lipinski definition) is 1. The molecule has 0 spiro atoms. The van der Waals surface area contributed by atoms with E-state index in [1.54, 1.807) is 12.1 Å². The number of thioether (sulfide) groups is 1.